The van der Waals surface area contributed by atoms with E-state index in [4.69, 9.17) is 11.6 Å². The standard InChI is InChI=1S/C11H10ClF3O3/c1-18-10(17)9(16)4-6-2-3-7(12)5-8(6)11(13,14)15/h2-3,5,9,16H,4H2,1H3. The Labute approximate surface area is 106 Å². The average molecular weight is 283 g/mol. The van der Waals surface area contributed by atoms with Crippen LogP contribution in [0, 0.1) is 0 Å². The molecule has 1 aromatic carbocycles. The van der Waals surface area contributed by atoms with Crippen molar-refractivity contribution >= 4 is 17.6 Å². The first-order chi connectivity index (χ1) is 8.25. The van der Waals surface area contributed by atoms with Gasteiger partial charge in [-0.1, -0.05) is 17.7 Å². The van der Waals surface area contributed by atoms with Crippen molar-refractivity contribution in [3.8, 4) is 0 Å². The highest BCUT2D eigenvalue weighted by atomic mass is 35.5. The summed E-state index contributed by atoms with van der Waals surface area (Å²) in [6, 6.07) is 3.13. The molecule has 0 saturated heterocycles. The maximum absolute atomic E-state index is 12.7. The Morgan fingerprint density at radius 1 is 1.50 bits per heavy atom. The molecule has 0 aliphatic carbocycles. The van der Waals surface area contributed by atoms with E-state index in [-0.39, 0.29) is 10.6 Å². The van der Waals surface area contributed by atoms with Crippen LogP contribution in [0.4, 0.5) is 13.2 Å². The normalized spacial score (nSPS) is 13.2. The minimum atomic E-state index is -4.60. The van der Waals surface area contributed by atoms with Crippen molar-refractivity contribution in [1.82, 2.24) is 0 Å². The second kappa shape index (κ2) is 5.58. The fraction of sp³-hybridized carbons (Fsp3) is 0.364. The summed E-state index contributed by atoms with van der Waals surface area (Å²) in [4.78, 5) is 11.0. The molecular weight excluding hydrogens is 273 g/mol. The number of hydrogen-bond acceptors (Lipinski definition) is 3. The van der Waals surface area contributed by atoms with E-state index < -0.39 is 30.2 Å². The molecule has 3 nitrogen and oxygen atoms in total. The monoisotopic (exact) mass is 282 g/mol. The van der Waals surface area contributed by atoms with E-state index in [0.717, 1.165) is 19.2 Å². The van der Waals surface area contributed by atoms with Gasteiger partial charge in [-0.2, -0.15) is 13.2 Å². The van der Waals surface area contributed by atoms with Gasteiger partial charge in [-0.25, -0.2) is 4.79 Å². The van der Waals surface area contributed by atoms with Crippen LogP contribution >= 0.6 is 11.6 Å². The summed E-state index contributed by atoms with van der Waals surface area (Å²) in [7, 11) is 1.04. The number of benzene rings is 1. The summed E-state index contributed by atoms with van der Waals surface area (Å²) in [6.45, 7) is 0. The number of aliphatic hydroxyl groups excluding tert-OH is 1. The smallest absolute Gasteiger partial charge is 0.416 e. The molecule has 1 unspecified atom stereocenters. The highest BCUT2D eigenvalue weighted by molar-refractivity contribution is 6.30. The third-order valence-electron chi connectivity index (χ3n) is 2.26. The fourth-order valence-corrected chi connectivity index (χ4v) is 1.59. The van der Waals surface area contributed by atoms with Gasteiger partial charge < -0.3 is 9.84 Å². The molecule has 0 heterocycles. The van der Waals surface area contributed by atoms with E-state index in [2.05, 4.69) is 4.74 Å². The molecule has 0 saturated carbocycles. The summed E-state index contributed by atoms with van der Waals surface area (Å²) >= 11 is 5.50. The van der Waals surface area contributed by atoms with Crippen molar-refractivity contribution in [2.24, 2.45) is 0 Å². The highest BCUT2D eigenvalue weighted by Crippen LogP contribution is 2.34. The second-order valence-corrected chi connectivity index (χ2v) is 3.98. The molecule has 1 atom stereocenters. The molecule has 0 spiro atoms. The Morgan fingerprint density at radius 2 is 2.11 bits per heavy atom. The van der Waals surface area contributed by atoms with Crippen molar-refractivity contribution in [1.29, 1.82) is 0 Å². The van der Waals surface area contributed by atoms with E-state index >= 15 is 0 Å². The number of ether oxygens (including phenoxy) is 1. The zero-order valence-electron chi connectivity index (χ0n) is 9.29. The van der Waals surface area contributed by atoms with Crippen LogP contribution in [0.1, 0.15) is 11.1 Å². The van der Waals surface area contributed by atoms with Gasteiger partial charge in [-0.15, -0.1) is 0 Å². The molecule has 1 rings (SSSR count). The Morgan fingerprint density at radius 3 is 2.61 bits per heavy atom. The van der Waals surface area contributed by atoms with Crippen LogP contribution in [0.3, 0.4) is 0 Å². The summed E-state index contributed by atoms with van der Waals surface area (Å²) < 4.78 is 42.4. The predicted molar refractivity (Wildman–Crippen MR) is 58.2 cm³/mol. The van der Waals surface area contributed by atoms with Crippen LogP contribution in [-0.2, 0) is 22.1 Å². The molecule has 0 bridgehead atoms. The van der Waals surface area contributed by atoms with Gasteiger partial charge in [0, 0.05) is 11.4 Å². The second-order valence-electron chi connectivity index (χ2n) is 3.54. The summed E-state index contributed by atoms with van der Waals surface area (Å²) in [5, 5.41) is 9.29. The van der Waals surface area contributed by atoms with E-state index in [9.17, 15) is 23.1 Å². The minimum absolute atomic E-state index is 0.0707. The Kier molecular flexibility index (Phi) is 4.59. The van der Waals surface area contributed by atoms with Gasteiger partial charge in [0.1, 0.15) is 0 Å². The van der Waals surface area contributed by atoms with Gasteiger partial charge in [-0.05, 0) is 17.7 Å². The van der Waals surface area contributed by atoms with Crippen LogP contribution in [0.25, 0.3) is 0 Å². The van der Waals surface area contributed by atoms with Crippen LogP contribution in [0.15, 0.2) is 18.2 Å². The summed E-state index contributed by atoms with van der Waals surface area (Å²) in [5.74, 6) is -0.988. The van der Waals surface area contributed by atoms with Gasteiger partial charge >= 0.3 is 12.1 Å². The molecule has 0 amide bonds. The van der Waals surface area contributed by atoms with E-state index in [1.54, 1.807) is 0 Å². The molecular formula is C11H10ClF3O3. The average Bonchev–Trinajstić information content (AvgIpc) is 2.28. The van der Waals surface area contributed by atoms with Crippen molar-refractivity contribution in [2.75, 3.05) is 7.11 Å². The van der Waals surface area contributed by atoms with Crippen LogP contribution < -0.4 is 0 Å². The number of halogens is 4. The largest absolute Gasteiger partial charge is 0.467 e. The summed E-state index contributed by atoms with van der Waals surface area (Å²) in [5.41, 5.74) is -1.19. The van der Waals surface area contributed by atoms with E-state index in [1.807, 2.05) is 0 Å². The van der Waals surface area contributed by atoms with E-state index in [0.29, 0.717) is 0 Å². The number of hydrogen-bond donors (Lipinski definition) is 1. The molecule has 1 aromatic rings. The number of rotatable bonds is 3. The number of aliphatic hydroxyl groups is 1. The zero-order valence-corrected chi connectivity index (χ0v) is 10.0. The van der Waals surface area contributed by atoms with Crippen molar-refractivity contribution in [3.05, 3.63) is 34.3 Å². The lowest BCUT2D eigenvalue weighted by Gasteiger charge is -2.15. The van der Waals surface area contributed by atoms with Crippen molar-refractivity contribution in [3.63, 3.8) is 0 Å². The highest BCUT2D eigenvalue weighted by Gasteiger charge is 2.34. The third-order valence-corrected chi connectivity index (χ3v) is 2.50. The van der Waals surface area contributed by atoms with Gasteiger partial charge in [0.15, 0.2) is 6.10 Å². The number of alkyl halides is 3. The number of carbonyl (C=O) groups excluding carboxylic acids is 1. The molecule has 0 fully saturated rings. The molecule has 1 N–H and O–H groups in total. The molecule has 18 heavy (non-hydrogen) atoms. The van der Waals surface area contributed by atoms with Crippen LogP contribution in [0.2, 0.25) is 5.02 Å². The molecule has 0 aromatic heterocycles. The summed E-state index contributed by atoms with van der Waals surface area (Å²) in [6.07, 6.45) is -6.73. The fourth-order valence-electron chi connectivity index (χ4n) is 1.42. The maximum Gasteiger partial charge on any atom is 0.416 e. The number of methoxy groups -OCH3 is 1. The van der Waals surface area contributed by atoms with Gasteiger partial charge in [-0.3, -0.25) is 0 Å². The van der Waals surface area contributed by atoms with Gasteiger partial charge in [0.05, 0.1) is 12.7 Å². The first kappa shape index (κ1) is 14.8. The quantitative estimate of drug-likeness (QED) is 0.866. The van der Waals surface area contributed by atoms with Crippen LogP contribution in [-0.4, -0.2) is 24.3 Å². The Balaban J connectivity index is 3.06. The number of carbonyl (C=O) groups is 1. The minimum Gasteiger partial charge on any atom is -0.467 e. The lowest BCUT2D eigenvalue weighted by molar-refractivity contribution is -0.151. The SMILES string of the molecule is COC(=O)C(O)Cc1ccc(Cl)cc1C(F)(F)F. The zero-order chi connectivity index (χ0) is 13.9. The van der Waals surface area contributed by atoms with Gasteiger partial charge in [0.25, 0.3) is 0 Å². The Hall–Kier alpha value is -1.27. The molecule has 100 valence electrons. The van der Waals surface area contributed by atoms with Gasteiger partial charge in [0.2, 0.25) is 0 Å². The van der Waals surface area contributed by atoms with E-state index in [1.165, 1.54) is 6.07 Å². The lowest BCUT2D eigenvalue weighted by atomic mass is 10.0. The first-order valence-electron chi connectivity index (χ1n) is 4.87. The first-order valence-corrected chi connectivity index (χ1v) is 5.25. The molecule has 0 radical (unpaired) electrons. The van der Waals surface area contributed by atoms with Crippen LogP contribution in [0.5, 0.6) is 0 Å². The molecule has 7 heteroatoms. The Bertz CT molecular complexity index is 446. The third kappa shape index (κ3) is 3.61. The van der Waals surface area contributed by atoms with Crippen molar-refractivity contribution < 1.29 is 27.8 Å². The molecule has 0 aliphatic heterocycles. The molecule has 0 aliphatic rings. The lowest BCUT2D eigenvalue weighted by Crippen LogP contribution is -2.25. The predicted octanol–water partition coefficient (Wildman–Crippen LogP) is 2.44. The number of esters is 1. The van der Waals surface area contributed by atoms with Crippen molar-refractivity contribution in [2.45, 2.75) is 18.7 Å². The maximum atomic E-state index is 12.7. The topological polar surface area (TPSA) is 46.5 Å².